The number of H-pyrrole nitrogens is 1. The predicted molar refractivity (Wildman–Crippen MR) is 118 cm³/mol. The van der Waals surface area contributed by atoms with Crippen LogP contribution in [0, 0.1) is 13.8 Å². The number of benzene rings is 2. The number of sulfonamides is 1. The van der Waals surface area contributed by atoms with Gasteiger partial charge in [-0.2, -0.15) is 9.40 Å². The SMILES string of the molecule is Cc1n[nH]c(C)c1S(=O)(=O)N1CCN(C(c2ccccc2)c2ccc(Cl)cc2)CC1. The highest BCUT2D eigenvalue weighted by atomic mass is 35.5. The molecular weight excluding hydrogens is 420 g/mol. The van der Waals surface area contributed by atoms with E-state index < -0.39 is 10.0 Å². The van der Waals surface area contributed by atoms with Crippen LogP contribution in [0.15, 0.2) is 59.5 Å². The molecule has 2 aromatic carbocycles. The van der Waals surface area contributed by atoms with E-state index in [0.717, 1.165) is 5.56 Å². The summed E-state index contributed by atoms with van der Waals surface area (Å²) in [5, 5.41) is 7.54. The molecule has 0 radical (unpaired) electrons. The molecule has 158 valence electrons. The van der Waals surface area contributed by atoms with E-state index in [9.17, 15) is 8.42 Å². The van der Waals surface area contributed by atoms with Gasteiger partial charge in [0.2, 0.25) is 10.0 Å². The molecule has 0 spiro atoms. The van der Waals surface area contributed by atoms with Crippen LogP contribution in [-0.2, 0) is 10.0 Å². The second-order valence-corrected chi connectivity index (χ2v) is 9.88. The number of hydrogen-bond donors (Lipinski definition) is 1. The Hall–Kier alpha value is -2.19. The Morgan fingerprint density at radius 1 is 0.933 bits per heavy atom. The monoisotopic (exact) mass is 444 g/mol. The molecule has 1 atom stereocenters. The number of piperazine rings is 1. The molecule has 1 aromatic heterocycles. The number of rotatable bonds is 5. The molecule has 3 aromatic rings. The highest BCUT2D eigenvalue weighted by Gasteiger charge is 2.34. The lowest BCUT2D eigenvalue weighted by Gasteiger charge is -2.39. The van der Waals surface area contributed by atoms with E-state index in [4.69, 9.17) is 11.6 Å². The Bertz CT molecular complexity index is 1090. The summed E-state index contributed by atoms with van der Waals surface area (Å²) in [6.45, 7) is 5.61. The molecule has 1 aliphatic rings. The van der Waals surface area contributed by atoms with E-state index in [1.54, 1.807) is 18.2 Å². The molecule has 0 saturated carbocycles. The van der Waals surface area contributed by atoms with Gasteiger partial charge in [0, 0.05) is 31.2 Å². The van der Waals surface area contributed by atoms with Gasteiger partial charge in [-0.3, -0.25) is 10.00 Å². The molecule has 6 nitrogen and oxygen atoms in total. The van der Waals surface area contributed by atoms with Crippen LogP contribution >= 0.6 is 11.6 Å². The molecule has 0 aliphatic carbocycles. The summed E-state index contributed by atoms with van der Waals surface area (Å²) in [7, 11) is -3.57. The predicted octanol–water partition coefficient (Wildman–Crippen LogP) is 3.78. The zero-order valence-electron chi connectivity index (χ0n) is 17.0. The maximum atomic E-state index is 13.2. The van der Waals surface area contributed by atoms with Crippen molar-refractivity contribution in [3.05, 3.63) is 82.1 Å². The zero-order chi connectivity index (χ0) is 21.3. The van der Waals surface area contributed by atoms with E-state index in [1.807, 2.05) is 42.5 Å². The number of aromatic nitrogens is 2. The van der Waals surface area contributed by atoms with Crippen LogP contribution in [0.4, 0.5) is 0 Å². The van der Waals surface area contributed by atoms with E-state index >= 15 is 0 Å². The Balaban J connectivity index is 1.58. The van der Waals surface area contributed by atoms with Crippen molar-refractivity contribution in [2.45, 2.75) is 24.8 Å². The van der Waals surface area contributed by atoms with Crippen LogP contribution in [0.2, 0.25) is 5.02 Å². The Morgan fingerprint density at radius 3 is 2.10 bits per heavy atom. The minimum Gasteiger partial charge on any atom is -0.290 e. The van der Waals surface area contributed by atoms with Crippen molar-refractivity contribution >= 4 is 21.6 Å². The molecule has 1 saturated heterocycles. The van der Waals surface area contributed by atoms with Crippen molar-refractivity contribution in [1.82, 2.24) is 19.4 Å². The Kier molecular flexibility index (Phi) is 5.97. The maximum absolute atomic E-state index is 13.2. The number of aryl methyl sites for hydroxylation is 2. The molecule has 4 rings (SSSR count). The average molecular weight is 445 g/mol. The van der Waals surface area contributed by atoms with Crippen LogP contribution < -0.4 is 0 Å². The van der Waals surface area contributed by atoms with Crippen LogP contribution in [-0.4, -0.2) is 54.0 Å². The lowest BCUT2D eigenvalue weighted by Crippen LogP contribution is -2.49. The van der Waals surface area contributed by atoms with E-state index in [2.05, 4.69) is 27.2 Å². The highest BCUT2D eigenvalue weighted by Crippen LogP contribution is 2.31. The third-order valence-electron chi connectivity index (χ3n) is 5.60. The standard InChI is InChI=1S/C22H25ClN4O2S/c1-16-22(17(2)25-24-16)30(28,29)27-14-12-26(13-15-27)21(18-6-4-3-5-7-18)19-8-10-20(23)11-9-19/h3-11,21H,12-15H2,1-2H3,(H,24,25). The van der Waals surface area contributed by atoms with Gasteiger partial charge in [0.1, 0.15) is 4.90 Å². The number of aromatic amines is 1. The molecule has 8 heteroatoms. The summed E-state index contributed by atoms with van der Waals surface area (Å²) in [4.78, 5) is 2.63. The van der Waals surface area contributed by atoms with Gasteiger partial charge in [-0.25, -0.2) is 8.42 Å². The summed E-state index contributed by atoms with van der Waals surface area (Å²) < 4.78 is 27.9. The maximum Gasteiger partial charge on any atom is 0.246 e. The van der Waals surface area contributed by atoms with Gasteiger partial charge in [-0.15, -0.1) is 0 Å². The topological polar surface area (TPSA) is 69.3 Å². The molecular formula is C22H25ClN4O2S. The lowest BCUT2D eigenvalue weighted by atomic mass is 9.96. The Labute approximate surface area is 182 Å². The van der Waals surface area contributed by atoms with Crippen LogP contribution in [0.3, 0.4) is 0 Å². The van der Waals surface area contributed by atoms with Crippen molar-refractivity contribution in [2.24, 2.45) is 0 Å². The smallest absolute Gasteiger partial charge is 0.246 e. The molecule has 30 heavy (non-hydrogen) atoms. The van der Waals surface area contributed by atoms with E-state index in [1.165, 1.54) is 5.56 Å². The van der Waals surface area contributed by atoms with Gasteiger partial charge in [0.05, 0.1) is 17.4 Å². The highest BCUT2D eigenvalue weighted by molar-refractivity contribution is 7.89. The third-order valence-corrected chi connectivity index (χ3v) is 8.01. The van der Waals surface area contributed by atoms with Crippen LogP contribution in [0.1, 0.15) is 28.6 Å². The van der Waals surface area contributed by atoms with Crippen molar-refractivity contribution < 1.29 is 8.42 Å². The summed E-state index contributed by atoms with van der Waals surface area (Å²) in [5.74, 6) is 0. The van der Waals surface area contributed by atoms with E-state index in [-0.39, 0.29) is 6.04 Å². The first-order chi connectivity index (χ1) is 14.4. The van der Waals surface area contributed by atoms with Gasteiger partial charge >= 0.3 is 0 Å². The number of hydrogen-bond acceptors (Lipinski definition) is 4. The fourth-order valence-electron chi connectivity index (χ4n) is 4.15. The van der Waals surface area contributed by atoms with E-state index in [0.29, 0.717) is 47.5 Å². The first-order valence-electron chi connectivity index (χ1n) is 9.94. The van der Waals surface area contributed by atoms with Crippen LogP contribution in [0.5, 0.6) is 0 Å². The second-order valence-electron chi connectivity index (χ2n) is 7.57. The minimum absolute atomic E-state index is 0.0470. The summed E-state index contributed by atoms with van der Waals surface area (Å²) >= 11 is 6.10. The quantitative estimate of drug-likeness (QED) is 0.650. The second kappa shape index (κ2) is 8.51. The van der Waals surface area contributed by atoms with Gasteiger partial charge in [-0.1, -0.05) is 54.1 Å². The average Bonchev–Trinajstić information content (AvgIpc) is 3.10. The molecule has 1 N–H and O–H groups in total. The first-order valence-corrected chi connectivity index (χ1v) is 11.8. The number of nitrogens with zero attached hydrogens (tertiary/aromatic N) is 3. The fourth-order valence-corrected chi connectivity index (χ4v) is 6.03. The molecule has 2 heterocycles. The minimum atomic E-state index is -3.57. The van der Waals surface area contributed by atoms with Crippen molar-refractivity contribution in [1.29, 1.82) is 0 Å². The molecule has 0 bridgehead atoms. The van der Waals surface area contributed by atoms with Crippen molar-refractivity contribution in [2.75, 3.05) is 26.2 Å². The van der Waals surface area contributed by atoms with Gasteiger partial charge in [-0.05, 0) is 37.1 Å². The Morgan fingerprint density at radius 2 is 1.53 bits per heavy atom. The van der Waals surface area contributed by atoms with Crippen molar-refractivity contribution in [3.63, 3.8) is 0 Å². The van der Waals surface area contributed by atoms with Crippen LogP contribution in [0.25, 0.3) is 0 Å². The summed E-state index contributed by atoms with van der Waals surface area (Å²) in [5.41, 5.74) is 3.41. The molecule has 1 unspecified atom stereocenters. The fraction of sp³-hybridized carbons (Fsp3) is 0.318. The normalized spacial score (nSPS) is 17.2. The molecule has 1 aliphatic heterocycles. The van der Waals surface area contributed by atoms with Crippen molar-refractivity contribution in [3.8, 4) is 0 Å². The zero-order valence-corrected chi connectivity index (χ0v) is 18.6. The first kappa shape index (κ1) is 21.1. The molecule has 1 fully saturated rings. The number of nitrogens with one attached hydrogen (secondary N) is 1. The summed E-state index contributed by atoms with van der Waals surface area (Å²) in [6, 6.07) is 18.2. The van der Waals surface area contributed by atoms with Gasteiger partial charge < -0.3 is 0 Å². The number of halogens is 1. The lowest BCUT2D eigenvalue weighted by molar-refractivity contribution is 0.155. The van der Waals surface area contributed by atoms with Gasteiger partial charge in [0.25, 0.3) is 0 Å². The third kappa shape index (κ3) is 4.03. The molecule has 0 amide bonds. The largest absolute Gasteiger partial charge is 0.290 e. The van der Waals surface area contributed by atoms with Gasteiger partial charge in [0.15, 0.2) is 0 Å². The summed E-state index contributed by atoms with van der Waals surface area (Å²) in [6.07, 6.45) is 0.